The molecule has 7 nitrogen and oxygen atoms in total. The molecule has 0 saturated carbocycles. The number of likely N-dealkylation sites (tertiary alicyclic amines) is 1. The van der Waals surface area contributed by atoms with E-state index in [2.05, 4.69) is 47.6 Å². The number of nitrogens with zero attached hydrogens (tertiary/aromatic N) is 3. The molecule has 1 aromatic carbocycles. The zero-order chi connectivity index (χ0) is 25.5. The van der Waals surface area contributed by atoms with E-state index < -0.39 is 0 Å². The molecule has 2 aliphatic rings. The van der Waals surface area contributed by atoms with Crippen molar-refractivity contribution in [2.45, 2.75) is 52.0 Å². The number of nitrogens with one attached hydrogen (secondary N) is 1. The topological polar surface area (TPSA) is 65.1 Å². The Morgan fingerprint density at radius 2 is 1.89 bits per heavy atom. The fourth-order valence-electron chi connectivity index (χ4n) is 5.04. The third kappa shape index (κ3) is 6.59. The van der Waals surface area contributed by atoms with Gasteiger partial charge >= 0.3 is 6.03 Å². The number of benzene rings is 1. The minimum absolute atomic E-state index is 0.0247. The summed E-state index contributed by atoms with van der Waals surface area (Å²) in [5.41, 5.74) is 2.44. The van der Waals surface area contributed by atoms with E-state index in [0.29, 0.717) is 32.2 Å². The maximum Gasteiger partial charge on any atom is 0.317 e. The molecule has 2 aliphatic heterocycles. The molecule has 1 N–H and O–H groups in total. The van der Waals surface area contributed by atoms with E-state index in [-0.39, 0.29) is 24.5 Å². The maximum absolute atomic E-state index is 13.6. The molecule has 36 heavy (non-hydrogen) atoms. The molecule has 3 heterocycles. The van der Waals surface area contributed by atoms with Crippen LogP contribution < -0.4 is 10.1 Å². The first-order chi connectivity index (χ1) is 17.5. The minimum Gasteiger partial charge on any atom is -0.491 e. The van der Waals surface area contributed by atoms with Crippen LogP contribution in [0.3, 0.4) is 0 Å². The average molecular weight is 513 g/mol. The highest BCUT2D eigenvalue weighted by Gasteiger charge is 2.33. The van der Waals surface area contributed by atoms with Crippen LogP contribution in [0.2, 0.25) is 0 Å². The molecule has 0 bridgehead atoms. The Labute approximate surface area is 219 Å². The van der Waals surface area contributed by atoms with Crippen LogP contribution in [0.5, 0.6) is 5.75 Å². The highest BCUT2D eigenvalue weighted by molar-refractivity contribution is 7.10. The van der Waals surface area contributed by atoms with Gasteiger partial charge in [0.15, 0.2) is 0 Å². The molecule has 0 spiro atoms. The van der Waals surface area contributed by atoms with Gasteiger partial charge in [-0.2, -0.15) is 0 Å². The van der Waals surface area contributed by atoms with Gasteiger partial charge in [0.05, 0.1) is 6.04 Å². The van der Waals surface area contributed by atoms with Crippen LogP contribution in [-0.4, -0.2) is 79.1 Å². The van der Waals surface area contributed by atoms with Crippen LogP contribution in [-0.2, 0) is 11.2 Å². The summed E-state index contributed by atoms with van der Waals surface area (Å²) in [5.74, 6) is 1.25. The van der Waals surface area contributed by atoms with E-state index in [1.54, 1.807) is 16.2 Å². The van der Waals surface area contributed by atoms with E-state index in [1.165, 1.54) is 28.8 Å². The van der Waals surface area contributed by atoms with Crippen LogP contribution in [0.4, 0.5) is 4.79 Å². The van der Waals surface area contributed by atoms with E-state index in [9.17, 15) is 9.59 Å². The molecule has 1 aromatic heterocycles. The number of carbonyl (C=O) groups excluding carboxylic acids is 2. The quantitative estimate of drug-likeness (QED) is 0.509. The number of hydrogen-bond acceptors (Lipinski definition) is 5. The van der Waals surface area contributed by atoms with Crippen molar-refractivity contribution in [1.82, 2.24) is 20.0 Å². The van der Waals surface area contributed by atoms with Crippen LogP contribution in [0.1, 0.15) is 61.6 Å². The minimum atomic E-state index is -0.170. The standard InChI is InChI=1S/C28H40N4O3S/c1-4-29-28(34)31(17-16-30-13-5-6-14-30)19-27(33)32-15-11-26-24(12-18-36-26)25(32)20-35-23-9-7-22(8-10-23)21(2)3/h7-10,12,18,21,25H,4-6,11,13-17,19-20H2,1-3H3,(H,29,34)/t25-/m1/s1. The van der Waals surface area contributed by atoms with Crippen LogP contribution in [0.15, 0.2) is 35.7 Å². The van der Waals surface area contributed by atoms with Gasteiger partial charge in [0, 0.05) is 31.1 Å². The number of amides is 3. The van der Waals surface area contributed by atoms with Gasteiger partial charge in [0.1, 0.15) is 18.9 Å². The second-order valence-electron chi connectivity index (χ2n) is 9.99. The molecule has 0 aliphatic carbocycles. The van der Waals surface area contributed by atoms with Crippen molar-refractivity contribution in [2.75, 3.05) is 52.4 Å². The summed E-state index contributed by atoms with van der Waals surface area (Å²) >= 11 is 1.74. The molecule has 0 radical (unpaired) electrons. The monoisotopic (exact) mass is 512 g/mol. The first-order valence-corrected chi connectivity index (χ1v) is 14.2. The number of hydrogen-bond donors (Lipinski definition) is 1. The second kappa shape index (κ2) is 12.6. The third-order valence-electron chi connectivity index (χ3n) is 7.20. The van der Waals surface area contributed by atoms with Crippen molar-refractivity contribution in [3.8, 4) is 5.75 Å². The number of fused-ring (bicyclic) bond motifs is 1. The summed E-state index contributed by atoms with van der Waals surface area (Å²) in [6.45, 7) is 11.4. The van der Waals surface area contributed by atoms with Crippen molar-refractivity contribution < 1.29 is 14.3 Å². The maximum atomic E-state index is 13.6. The molecule has 8 heteroatoms. The Hall–Kier alpha value is -2.58. The highest BCUT2D eigenvalue weighted by Crippen LogP contribution is 2.34. The molecular formula is C28H40N4O3S. The number of urea groups is 1. The summed E-state index contributed by atoms with van der Waals surface area (Å²) in [6, 6.07) is 10.0. The molecule has 0 unspecified atom stereocenters. The van der Waals surface area contributed by atoms with Crippen molar-refractivity contribution >= 4 is 23.3 Å². The van der Waals surface area contributed by atoms with Crippen molar-refractivity contribution in [3.63, 3.8) is 0 Å². The van der Waals surface area contributed by atoms with Crippen LogP contribution in [0, 0.1) is 0 Å². The Kier molecular flexibility index (Phi) is 9.26. The van der Waals surface area contributed by atoms with E-state index in [0.717, 1.165) is 31.8 Å². The van der Waals surface area contributed by atoms with Gasteiger partial charge in [0.2, 0.25) is 5.91 Å². The van der Waals surface area contributed by atoms with Gasteiger partial charge < -0.3 is 24.8 Å². The lowest BCUT2D eigenvalue weighted by Crippen LogP contribution is -2.51. The summed E-state index contributed by atoms with van der Waals surface area (Å²) in [4.78, 5) is 33.7. The molecule has 1 atom stereocenters. The Bertz CT molecular complexity index is 1000. The van der Waals surface area contributed by atoms with Gasteiger partial charge in [-0.25, -0.2) is 4.79 Å². The van der Waals surface area contributed by atoms with E-state index in [4.69, 9.17) is 4.74 Å². The number of carbonyl (C=O) groups is 2. The van der Waals surface area contributed by atoms with Gasteiger partial charge in [-0.1, -0.05) is 26.0 Å². The zero-order valence-corrected chi connectivity index (χ0v) is 22.7. The fraction of sp³-hybridized carbons (Fsp3) is 0.571. The normalized spacial score (nSPS) is 17.8. The Balaban J connectivity index is 1.44. The number of ether oxygens (including phenoxy) is 1. The summed E-state index contributed by atoms with van der Waals surface area (Å²) in [7, 11) is 0. The first-order valence-electron chi connectivity index (χ1n) is 13.3. The second-order valence-corrected chi connectivity index (χ2v) is 11.0. The van der Waals surface area contributed by atoms with Gasteiger partial charge in [-0.05, 0) is 79.9 Å². The van der Waals surface area contributed by atoms with E-state index in [1.807, 2.05) is 24.0 Å². The number of thiophene rings is 1. The van der Waals surface area contributed by atoms with Gasteiger partial charge in [0.25, 0.3) is 0 Å². The molecule has 4 rings (SSSR count). The smallest absolute Gasteiger partial charge is 0.317 e. The Morgan fingerprint density at radius 3 is 2.58 bits per heavy atom. The number of rotatable bonds is 10. The largest absolute Gasteiger partial charge is 0.491 e. The molecule has 1 fully saturated rings. The summed E-state index contributed by atoms with van der Waals surface area (Å²) in [5, 5.41) is 4.98. The SMILES string of the molecule is CCNC(=O)N(CCN1CCCC1)CC(=O)N1CCc2sccc2[C@H]1COc1ccc(C(C)C)cc1. The predicted molar refractivity (Wildman–Crippen MR) is 145 cm³/mol. The fourth-order valence-corrected chi connectivity index (χ4v) is 5.96. The Morgan fingerprint density at radius 1 is 1.14 bits per heavy atom. The molecule has 196 valence electrons. The van der Waals surface area contributed by atoms with Crippen molar-refractivity contribution in [1.29, 1.82) is 0 Å². The molecular weight excluding hydrogens is 472 g/mol. The van der Waals surface area contributed by atoms with E-state index >= 15 is 0 Å². The summed E-state index contributed by atoms with van der Waals surface area (Å²) in [6.07, 6.45) is 3.25. The van der Waals surface area contributed by atoms with Crippen molar-refractivity contribution in [2.24, 2.45) is 0 Å². The lowest BCUT2D eigenvalue weighted by atomic mass is 10.00. The van der Waals surface area contributed by atoms with Gasteiger partial charge in [-0.15, -0.1) is 11.3 Å². The lowest BCUT2D eigenvalue weighted by molar-refractivity contribution is -0.135. The van der Waals surface area contributed by atoms with Crippen molar-refractivity contribution in [3.05, 3.63) is 51.7 Å². The predicted octanol–water partition coefficient (Wildman–Crippen LogP) is 4.50. The molecule has 1 saturated heterocycles. The highest BCUT2D eigenvalue weighted by atomic mass is 32.1. The average Bonchev–Trinajstić information content (AvgIpc) is 3.57. The molecule has 3 amide bonds. The van der Waals surface area contributed by atoms with Gasteiger partial charge in [-0.3, -0.25) is 4.79 Å². The molecule has 2 aromatic rings. The first kappa shape index (κ1) is 26.5. The van der Waals surface area contributed by atoms with Crippen LogP contribution >= 0.6 is 11.3 Å². The van der Waals surface area contributed by atoms with Crippen LogP contribution in [0.25, 0.3) is 0 Å². The zero-order valence-electron chi connectivity index (χ0n) is 21.9. The third-order valence-corrected chi connectivity index (χ3v) is 8.19. The lowest BCUT2D eigenvalue weighted by Gasteiger charge is -2.37. The summed E-state index contributed by atoms with van der Waals surface area (Å²) < 4.78 is 6.20.